The zero-order chi connectivity index (χ0) is 16.3. The highest BCUT2D eigenvalue weighted by atomic mass is 19.4. The van der Waals surface area contributed by atoms with Crippen molar-refractivity contribution in [3.8, 4) is 5.75 Å². The van der Waals surface area contributed by atoms with E-state index in [-0.39, 0.29) is 11.4 Å². The monoisotopic (exact) mass is 311 g/mol. The second-order valence-corrected chi connectivity index (χ2v) is 4.27. The zero-order valence-corrected chi connectivity index (χ0v) is 11.5. The lowest BCUT2D eigenvalue weighted by Gasteiger charge is -2.14. The van der Waals surface area contributed by atoms with Crippen molar-refractivity contribution in [2.45, 2.75) is 6.36 Å². The molecule has 0 aliphatic rings. The average molecular weight is 311 g/mol. The number of carbonyl (C=O) groups is 1. The Kier molecular flexibility index (Phi) is 4.20. The first kappa shape index (κ1) is 15.6. The summed E-state index contributed by atoms with van der Waals surface area (Å²) < 4.78 is 42.2. The van der Waals surface area contributed by atoms with Gasteiger partial charge in [-0.05, 0) is 12.1 Å². The van der Waals surface area contributed by atoms with E-state index in [9.17, 15) is 18.0 Å². The van der Waals surface area contributed by atoms with E-state index in [2.05, 4.69) is 21.7 Å². The minimum absolute atomic E-state index is 0.0963. The molecule has 0 saturated carbocycles. The first-order valence-corrected chi connectivity index (χ1v) is 6.12. The molecular weight excluding hydrogens is 299 g/mol. The molecular formula is C14H12F3N3O2. The van der Waals surface area contributed by atoms with Crippen molar-refractivity contribution >= 4 is 17.7 Å². The van der Waals surface area contributed by atoms with Crippen molar-refractivity contribution in [3.05, 3.63) is 48.3 Å². The van der Waals surface area contributed by atoms with Crippen molar-refractivity contribution in [2.75, 3.05) is 5.32 Å². The topological polar surface area (TPSA) is 56.2 Å². The molecule has 0 spiro atoms. The highest BCUT2D eigenvalue weighted by molar-refractivity contribution is 6.06. The fourth-order valence-corrected chi connectivity index (χ4v) is 1.85. The quantitative estimate of drug-likeness (QED) is 0.943. The third-order valence-electron chi connectivity index (χ3n) is 2.76. The average Bonchev–Trinajstić information content (AvgIpc) is 2.80. The molecule has 116 valence electrons. The molecule has 22 heavy (non-hydrogen) atoms. The van der Waals surface area contributed by atoms with Gasteiger partial charge in [0.2, 0.25) is 0 Å². The van der Waals surface area contributed by atoms with E-state index in [4.69, 9.17) is 0 Å². The van der Waals surface area contributed by atoms with Crippen LogP contribution in [0.1, 0.15) is 16.1 Å². The summed E-state index contributed by atoms with van der Waals surface area (Å²) in [6.45, 7) is 3.55. The summed E-state index contributed by atoms with van der Waals surface area (Å²) in [6, 6.07) is 5.27. The van der Waals surface area contributed by atoms with Crippen LogP contribution in [0, 0.1) is 0 Å². The number of benzene rings is 1. The van der Waals surface area contributed by atoms with Gasteiger partial charge in [0, 0.05) is 12.6 Å². The van der Waals surface area contributed by atoms with Crippen LogP contribution < -0.4 is 10.1 Å². The summed E-state index contributed by atoms with van der Waals surface area (Å²) in [6.07, 6.45) is -1.99. The Labute approximate surface area is 124 Å². The molecule has 0 aliphatic heterocycles. The molecule has 1 amide bonds. The Morgan fingerprint density at radius 3 is 2.73 bits per heavy atom. The first-order valence-electron chi connectivity index (χ1n) is 6.12. The van der Waals surface area contributed by atoms with Gasteiger partial charge >= 0.3 is 6.36 Å². The van der Waals surface area contributed by atoms with Crippen LogP contribution in [-0.4, -0.2) is 22.1 Å². The van der Waals surface area contributed by atoms with Crippen LogP contribution in [-0.2, 0) is 7.05 Å². The van der Waals surface area contributed by atoms with Crippen LogP contribution in [0.3, 0.4) is 0 Å². The lowest BCUT2D eigenvalue weighted by molar-refractivity contribution is -0.274. The molecule has 0 atom stereocenters. The van der Waals surface area contributed by atoms with Crippen LogP contribution in [0.2, 0.25) is 0 Å². The van der Waals surface area contributed by atoms with Gasteiger partial charge in [0.25, 0.3) is 5.91 Å². The standard InChI is InChI=1S/C14H12F3N3O2/c1-3-9-8-18-20(2)12(9)13(21)19-10-6-4-5-7-11(10)22-14(15,16)17/h3-8H,1H2,2H3,(H,19,21). The van der Waals surface area contributed by atoms with Crippen LogP contribution in [0.25, 0.3) is 6.08 Å². The molecule has 5 nitrogen and oxygen atoms in total. The number of carbonyl (C=O) groups excluding carboxylic acids is 1. The van der Waals surface area contributed by atoms with Gasteiger partial charge in [0.05, 0.1) is 11.9 Å². The first-order chi connectivity index (χ1) is 10.3. The van der Waals surface area contributed by atoms with E-state index in [1.54, 1.807) is 7.05 Å². The molecule has 2 aromatic rings. The SMILES string of the molecule is C=Cc1cnn(C)c1C(=O)Nc1ccccc1OC(F)(F)F. The molecule has 1 heterocycles. The molecule has 0 aliphatic carbocycles. The number of amides is 1. The van der Waals surface area contributed by atoms with Gasteiger partial charge in [-0.3, -0.25) is 9.48 Å². The number of ether oxygens (including phenoxy) is 1. The van der Waals surface area contributed by atoms with E-state index < -0.39 is 18.0 Å². The minimum atomic E-state index is -4.85. The number of aromatic nitrogens is 2. The molecule has 1 aromatic heterocycles. The minimum Gasteiger partial charge on any atom is -0.404 e. The summed E-state index contributed by atoms with van der Waals surface area (Å²) >= 11 is 0. The number of halogens is 3. The van der Waals surface area contributed by atoms with Crippen LogP contribution in [0.5, 0.6) is 5.75 Å². The molecule has 0 unspecified atom stereocenters. The van der Waals surface area contributed by atoms with Gasteiger partial charge in [0.1, 0.15) is 5.69 Å². The highest BCUT2D eigenvalue weighted by Crippen LogP contribution is 2.30. The van der Waals surface area contributed by atoms with Crippen LogP contribution in [0.15, 0.2) is 37.0 Å². The molecule has 0 bridgehead atoms. The van der Waals surface area contributed by atoms with Gasteiger partial charge in [-0.25, -0.2) is 0 Å². The van der Waals surface area contributed by atoms with Gasteiger partial charge in [-0.1, -0.05) is 24.8 Å². The number of nitrogens with zero attached hydrogens (tertiary/aromatic N) is 2. The number of hydrogen-bond donors (Lipinski definition) is 1. The molecule has 0 saturated heterocycles. The third-order valence-corrected chi connectivity index (χ3v) is 2.76. The van der Waals surface area contributed by atoms with E-state index in [0.717, 1.165) is 6.07 Å². The second-order valence-electron chi connectivity index (χ2n) is 4.27. The molecule has 0 radical (unpaired) electrons. The Morgan fingerprint density at radius 2 is 2.09 bits per heavy atom. The van der Waals surface area contributed by atoms with Crippen molar-refractivity contribution in [1.82, 2.24) is 9.78 Å². The molecule has 8 heteroatoms. The van der Waals surface area contributed by atoms with Crippen LogP contribution in [0.4, 0.5) is 18.9 Å². The third kappa shape index (κ3) is 3.46. The van der Waals surface area contributed by atoms with Crippen molar-refractivity contribution < 1.29 is 22.7 Å². The molecule has 1 N–H and O–H groups in total. The maximum absolute atomic E-state index is 12.4. The van der Waals surface area contributed by atoms with E-state index in [1.807, 2.05) is 0 Å². The predicted molar refractivity (Wildman–Crippen MR) is 74.4 cm³/mol. The number of rotatable bonds is 4. The Balaban J connectivity index is 2.29. The maximum atomic E-state index is 12.4. The normalized spacial score (nSPS) is 11.1. The van der Waals surface area contributed by atoms with Crippen molar-refractivity contribution in [3.63, 3.8) is 0 Å². The zero-order valence-electron chi connectivity index (χ0n) is 11.5. The fraction of sp³-hybridized carbons (Fsp3) is 0.143. The Morgan fingerprint density at radius 1 is 1.41 bits per heavy atom. The Hall–Kier alpha value is -2.77. The van der Waals surface area contributed by atoms with Crippen LogP contribution >= 0.6 is 0 Å². The van der Waals surface area contributed by atoms with Gasteiger partial charge in [-0.15, -0.1) is 13.2 Å². The molecule has 0 fully saturated rings. The van der Waals surface area contributed by atoms with Crippen molar-refractivity contribution in [2.24, 2.45) is 7.05 Å². The number of anilines is 1. The molecule has 1 aromatic carbocycles. The lowest BCUT2D eigenvalue weighted by Crippen LogP contribution is -2.21. The fourth-order valence-electron chi connectivity index (χ4n) is 1.85. The summed E-state index contributed by atoms with van der Waals surface area (Å²) in [7, 11) is 1.54. The second kappa shape index (κ2) is 5.92. The van der Waals surface area contributed by atoms with Gasteiger partial charge in [-0.2, -0.15) is 5.10 Å². The summed E-state index contributed by atoms with van der Waals surface area (Å²) in [5, 5.41) is 6.28. The van der Waals surface area contributed by atoms with E-state index in [1.165, 1.54) is 35.2 Å². The van der Waals surface area contributed by atoms with E-state index >= 15 is 0 Å². The number of aryl methyl sites for hydroxylation is 1. The maximum Gasteiger partial charge on any atom is 0.573 e. The van der Waals surface area contributed by atoms with Gasteiger partial charge < -0.3 is 10.1 Å². The van der Waals surface area contributed by atoms with Gasteiger partial charge in [0.15, 0.2) is 5.75 Å². The van der Waals surface area contributed by atoms with Crippen molar-refractivity contribution in [1.29, 1.82) is 0 Å². The smallest absolute Gasteiger partial charge is 0.404 e. The summed E-state index contributed by atoms with van der Waals surface area (Å²) in [5.41, 5.74) is 0.548. The summed E-state index contributed by atoms with van der Waals surface area (Å²) in [5.74, 6) is -1.11. The number of alkyl halides is 3. The number of para-hydroxylation sites is 2. The summed E-state index contributed by atoms with van der Waals surface area (Å²) in [4.78, 5) is 12.2. The largest absolute Gasteiger partial charge is 0.573 e. The molecule has 2 rings (SSSR count). The number of hydrogen-bond acceptors (Lipinski definition) is 3. The van der Waals surface area contributed by atoms with E-state index in [0.29, 0.717) is 5.56 Å². The number of nitrogens with one attached hydrogen (secondary N) is 1. The predicted octanol–water partition coefficient (Wildman–Crippen LogP) is 3.21. The highest BCUT2D eigenvalue weighted by Gasteiger charge is 2.32. The lowest BCUT2D eigenvalue weighted by atomic mass is 10.2. The Bertz CT molecular complexity index is 708.